The van der Waals surface area contributed by atoms with Crippen molar-refractivity contribution in [2.45, 2.75) is 0 Å². The quantitative estimate of drug-likeness (QED) is 0.178. The van der Waals surface area contributed by atoms with Crippen LogP contribution in [-0.2, 0) is 0 Å². The second-order valence-electron chi connectivity index (χ2n) is 16.4. The molecule has 2 heterocycles. The van der Waals surface area contributed by atoms with Crippen LogP contribution in [0.3, 0.4) is 0 Å². The third kappa shape index (κ3) is 5.21. The van der Waals surface area contributed by atoms with E-state index in [4.69, 9.17) is 8.83 Å². The molecule has 0 bridgehead atoms. The molecule has 0 radical (unpaired) electrons. The standard InChI is InChI=1S/C58H36O2/c1-2-8-38-29-39(18-15-35(38)7-1)40-19-20-42-31-43(22-21-41(42)30-40)45-24-28-56-54(33-45)51-26-25-50-53-32-44(23-27-55(53)59-57(50)58(51)60-56)36-13-16-37(17-14-36)52-34-46-9-3-4-10-47(46)48-11-5-6-12-49(48)52/h1-34,47-48H. The molecule has 13 rings (SSSR count). The normalized spacial score (nSPS) is 17.1. The fourth-order valence-electron chi connectivity index (χ4n) is 9.93. The van der Waals surface area contributed by atoms with Gasteiger partial charge < -0.3 is 8.83 Å². The Hall–Kier alpha value is -7.68. The third-order valence-corrected chi connectivity index (χ3v) is 13.0. The molecule has 0 aliphatic heterocycles. The summed E-state index contributed by atoms with van der Waals surface area (Å²) in [7, 11) is 0. The molecule has 2 nitrogen and oxygen atoms in total. The highest BCUT2D eigenvalue weighted by molar-refractivity contribution is 6.19. The topological polar surface area (TPSA) is 26.3 Å². The Morgan fingerprint density at radius 3 is 1.48 bits per heavy atom. The first-order valence-corrected chi connectivity index (χ1v) is 20.8. The smallest absolute Gasteiger partial charge is 0.178 e. The largest absolute Gasteiger partial charge is 0.452 e. The number of benzene rings is 8. The lowest BCUT2D eigenvalue weighted by Crippen LogP contribution is -2.21. The van der Waals surface area contributed by atoms with Gasteiger partial charge in [-0.05, 0) is 132 Å². The summed E-state index contributed by atoms with van der Waals surface area (Å²) in [5, 5.41) is 9.24. The molecule has 0 saturated carbocycles. The summed E-state index contributed by atoms with van der Waals surface area (Å²) < 4.78 is 13.2. The first-order chi connectivity index (χ1) is 29.7. The van der Waals surface area contributed by atoms with Crippen molar-refractivity contribution in [2.75, 3.05) is 0 Å². The van der Waals surface area contributed by atoms with Gasteiger partial charge >= 0.3 is 0 Å². The predicted molar refractivity (Wildman–Crippen MR) is 251 cm³/mol. The van der Waals surface area contributed by atoms with Crippen LogP contribution >= 0.6 is 0 Å². The summed E-state index contributed by atoms with van der Waals surface area (Å²) in [6.45, 7) is 0. The van der Waals surface area contributed by atoms with Crippen molar-refractivity contribution in [3.8, 4) is 33.4 Å². The van der Waals surface area contributed by atoms with Gasteiger partial charge in [0.1, 0.15) is 11.2 Å². The molecule has 2 atom stereocenters. The Morgan fingerprint density at radius 2 is 0.833 bits per heavy atom. The number of furan rings is 2. The number of hydrogen-bond donors (Lipinski definition) is 0. The molecule has 0 spiro atoms. The number of hydrogen-bond acceptors (Lipinski definition) is 2. The van der Waals surface area contributed by atoms with E-state index in [1.54, 1.807) is 0 Å². The molecule has 60 heavy (non-hydrogen) atoms. The van der Waals surface area contributed by atoms with E-state index in [2.05, 4.69) is 206 Å². The van der Waals surface area contributed by atoms with Crippen LogP contribution in [0.25, 0.3) is 104 Å². The molecule has 0 saturated heterocycles. The van der Waals surface area contributed by atoms with Gasteiger partial charge in [-0.2, -0.15) is 0 Å². The minimum absolute atomic E-state index is 0.365. The summed E-state index contributed by atoms with van der Waals surface area (Å²) >= 11 is 0. The molecule has 10 aromatic rings. The van der Waals surface area contributed by atoms with Crippen LogP contribution in [0.5, 0.6) is 0 Å². The van der Waals surface area contributed by atoms with Gasteiger partial charge in [0, 0.05) is 33.4 Å². The van der Waals surface area contributed by atoms with Crippen molar-refractivity contribution in [3.63, 3.8) is 0 Å². The highest BCUT2D eigenvalue weighted by atomic mass is 16.4. The molecule has 8 aromatic carbocycles. The molecular formula is C58H36O2. The molecule has 3 aliphatic carbocycles. The lowest BCUT2D eigenvalue weighted by atomic mass is 9.70. The van der Waals surface area contributed by atoms with Crippen LogP contribution in [0.4, 0.5) is 0 Å². The van der Waals surface area contributed by atoms with Crippen LogP contribution in [0.15, 0.2) is 226 Å². The fraction of sp³-hybridized carbons (Fsp3) is 0.0345. The third-order valence-electron chi connectivity index (χ3n) is 13.0. The SMILES string of the molecule is C1=CC2=CC(c3ccc(-c4ccc5oc6c(ccc7c8cc(-c9ccc%10cc(-c%11ccc%12ccccc%12c%11)ccc%10c9)ccc8oc76)c5c4)cc3)=C3C=CC=CC3C2C=C1. The van der Waals surface area contributed by atoms with E-state index in [9.17, 15) is 0 Å². The summed E-state index contributed by atoms with van der Waals surface area (Å²) in [5.74, 6) is 0.765. The van der Waals surface area contributed by atoms with E-state index in [1.807, 2.05) is 0 Å². The van der Waals surface area contributed by atoms with Gasteiger partial charge in [0.15, 0.2) is 11.2 Å². The summed E-state index contributed by atoms with van der Waals surface area (Å²) in [4.78, 5) is 0. The highest BCUT2D eigenvalue weighted by Crippen LogP contribution is 2.45. The Labute approximate surface area is 346 Å². The number of fused-ring (bicyclic) bond motifs is 12. The van der Waals surface area contributed by atoms with Crippen molar-refractivity contribution in [3.05, 3.63) is 223 Å². The van der Waals surface area contributed by atoms with Crippen LogP contribution < -0.4 is 0 Å². The molecule has 3 aliphatic rings. The van der Waals surface area contributed by atoms with Gasteiger partial charge in [0.2, 0.25) is 0 Å². The lowest BCUT2D eigenvalue weighted by molar-refractivity contribution is 0.618. The first-order valence-electron chi connectivity index (χ1n) is 20.8. The minimum atomic E-state index is 0.365. The Balaban J connectivity index is 0.823. The lowest BCUT2D eigenvalue weighted by Gasteiger charge is -2.33. The van der Waals surface area contributed by atoms with Crippen LogP contribution in [0.2, 0.25) is 0 Å². The van der Waals surface area contributed by atoms with Gasteiger partial charge in [0.25, 0.3) is 0 Å². The minimum Gasteiger partial charge on any atom is -0.452 e. The van der Waals surface area contributed by atoms with Crippen LogP contribution in [0.1, 0.15) is 5.56 Å². The van der Waals surface area contributed by atoms with Gasteiger partial charge in [-0.15, -0.1) is 0 Å². The number of rotatable bonds is 4. The van der Waals surface area contributed by atoms with Gasteiger partial charge in [-0.3, -0.25) is 0 Å². The average Bonchev–Trinajstić information content (AvgIpc) is 3.89. The summed E-state index contributed by atoms with van der Waals surface area (Å²) in [6, 6.07) is 55.2. The Morgan fingerprint density at radius 1 is 0.350 bits per heavy atom. The molecule has 280 valence electrons. The van der Waals surface area contributed by atoms with Gasteiger partial charge in [-0.25, -0.2) is 0 Å². The molecule has 2 aromatic heterocycles. The van der Waals surface area contributed by atoms with Crippen LogP contribution in [0, 0.1) is 11.8 Å². The molecular weight excluding hydrogens is 729 g/mol. The maximum absolute atomic E-state index is 6.58. The zero-order chi connectivity index (χ0) is 39.3. The zero-order valence-corrected chi connectivity index (χ0v) is 32.6. The van der Waals surface area contributed by atoms with Crippen molar-refractivity contribution < 1.29 is 8.83 Å². The highest BCUT2D eigenvalue weighted by Gasteiger charge is 2.30. The summed E-state index contributed by atoms with van der Waals surface area (Å²) in [5.41, 5.74) is 15.7. The van der Waals surface area contributed by atoms with E-state index in [1.165, 1.54) is 66.1 Å². The zero-order valence-electron chi connectivity index (χ0n) is 32.6. The second kappa shape index (κ2) is 12.9. The van der Waals surface area contributed by atoms with E-state index >= 15 is 0 Å². The number of allylic oxidation sites excluding steroid dienone is 12. The molecule has 0 fully saturated rings. The monoisotopic (exact) mass is 764 g/mol. The van der Waals surface area contributed by atoms with E-state index < -0.39 is 0 Å². The van der Waals surface area contributed by atoms with Gasteiger partial charge in [-0.1, -0.05) is 152 Å². The molecule has 2 heteroatoms. The van der Waals surface area contributed by atoms with Crippen molar-refractivity contribution in [1.82, 2.24) is 0 Å². The van der Waals surface area contributed by atoms with Crippen molar-refractivity contribution >= 4 is 71.0 Å². The Bertz CT molecular complexity index is 3650. The molecule has 0 N–H and O–H groups in total. The van der Waals surface area contributed by atoms with E-state index in [0.29, 0.717) is 11.8 Å². The van der Waals surface area contributed by atoms with Crippen molar-refractivity contribution in [1.29, 1.82) is 0 Å². The van der Waals surface area contributed by atoms with E-state index in [-0.39, 0.29) is 0 Å². The van der Waals surface area contributed by atoms with Gasteiger partial charge in [0.05, 0.1) is 0 Å². The summed E-state index contributed by atoms with van der Waals surface area (Å²) in [6.07, 6.45) is 20.3. The predicted octanol–water partition coefficient (Wildman–Crippen LogP) is 16.0. The molecule has 2 unspecified atom stereocenters. The van der Waals surface area contributed by atoms with E-state index in [0.717, 1.165) is 55.0 Å². The molecule has 0 amide bonds. The fourth-order valence-corrected chi connectivity index (χ4v) is 9.93. The Kier molecular flexibility index (Phi) is 7.17. The maximum atomic E-state index is 6.58. The average molecular weight is 765 g/mol. The second-order valence-corrected chi connectivity index (χ2v) is 16.4. The van der Waals surface area contributed by atoms with Crippen LogP contribution in [-0.4, -0.2) is 0 Å². The van der Waals surface area contributed by atoms with Crippen molar-refractivity contribution in [2.24, 2.45) is 11.8 Å². The maximum Gasteiger partial charge on any atom is 0.178 e. The first kappa shape index (κ1) is 33.3.